The summed E-state index contributed by atoms with van der Waals surface area (Å²) in [6.07, 6.45) is 6.79. The summed E-state index contributed by atoms with van der Waals surface area (Å²) in [7, 11) is 0. The standard InChI is InChI=1S/C13H17NO/c1-2-13(15)11-8-10-5-3-4-9-6-7-12(11)14(9)10/h8-9H,2-7H2,1H3. The second-order valence-electron chi connectivity index (χ2n) is 4.73. The molecule has 2 aliphatic heterocycles. The van der Waals surface area contributed by atoms with Crippen molar-refractivity contribution in [1.29, 1.82) is 0 Å². The predicted molar refractivity (Wildman–Crippen MR) is 59.3 cm³/mol. The van der Waals surface area contributed by atoms with E-state index in [1.165, 1.54) is 37.1 Å². The summed E-state index contributed by atoms with van der Waals surface area (Å²) >= 11 is 0. The van der Waals surface area contributed by atoms with E-state index in [2.05, 4.69) is 10.6 Å². The van der Waals surface area contributed by atoms with Gasteiger partial charge < -0.3 is 4.57 Å². The van der Waals surface area contributed by atoms with Gasteiger partial charge in [0.2, 0.25) is 0 Å². The Morgan fingerprint density at radius 2 is 2.33 bits per heavy atom. The molecule has 0 saturated heterocycles. The summed E-state index contributed by atoms with van der Waals surface area (Å²) < 4.78 is 2.46. The SMILES string of the molecule is CCC(=O)c1cc2n3c1CCC3CCC2. The number of nitrogens with zero attached hydrogens (tertiary/aromatic N) is 1. The molecule has 1 unspecified atom stereocenters. The zero-order valence-corrected chi connectivity index (χ0v) is 9.25. The molecule has 15 heavy (non-hydrogen) atoms. The Morgan fingerprint density at radius 1 is 1.47 bits per heavy atom. The maximum absolute atomic E-state index is 11.8. The first-order valence-electron chi connectivity index (χ1n) is 6.07. The zero-order chi connectivity index (χ0) is 10.4. The minimum atomic E-state index is 0.326. The van der Waals surface area contributed by atoms with Gasteiger partial charge in [0.1, 0.15) is 0 Å². The van der Waals surface area contributed by atoms with Gasteiger partial charge in [-0.1, -0.05) is 6.92 Å². The molecule has 80 valence electrons. The van der Waals surface area contributed by atoms with Gasteiger partial charge in [0, 0.05) is 29.4 Å². The molecule has 1 aromatic heterocycles. The molecule has 2 aliphatic rings. The predicted octanol–water partition coefficient (Wildman–Crippen LogP) is 2.90. The minimum Gasteiger partial charge on any atom is -0.345 e. The zero-order valence-electron chi connectivity index (χ0n) is 9.25. The highest BCUT2D eigenvalue weighted by molar-refractivity contribution is 5.97. The summed E-state index contributed by atoms with van der Waals surface area (Å²) in [4.78, 5) is 11.8. The van der Waals surface area contributed by atoms with Crippen LogP contribution in [0, 0.1) is 0 Å². The van der Waals surface area contributed by atoms with E-state index in [0.717, 1.165) is 12.0 Å². The summed E-state index contributed by atoms with van der Waals surface area (Å²) in [5.74, 6) is 0.326. The highest BCUT2D eigenvalue weighted by Crippen LogP contribution is 2.39. The first-order valence-corrected chi connectivity index (χ1v) is 6.07. The smallest absolute Gasteiger partial charge is 0.164 e. The molecule has 0 aliphatic carbocycles. The molecule has 3 heterocycles. The molecule has 3 rings (SSSR count). The highest BCUT2D eigenvalue weighted by Gasteiger charge is 2.31. The van der Waals surface area contributed by atoms with Gasteiger partial charge in [0.15, 0.2) is 5.78 Å². The van der Waals surface area contributed by atoms with Crippen LogP contribution in [0.4, 0.5) is 0 Å². The summed E-state index contributed by atoms with van der Waals surface area (Å²) in [5.41, 5.74) is 3.77. The van der Waals surface area contributed by atoms with Crippen LogP contribution in [-0.4, -0.2) is 10.4 Å². The monoisotopic (exact) mass is 203 g/mol. The molecule has 0 saturated carbocycles. The quantitative estimate of drug-likeness (QED) is 0.677. The van der Waals surface area contributed by atoms with Crippen LogP contribution in [0.3, 0.4) is 0 Å². The number of ketones is 1. The van der Waals surface area contributed by atoms with E-state index in [-0.39, 0.29) is 0 Å². The van der Waals surface area contributed by atoms with E-state index in [4.69, 9.17) is 0 Å². The Labute approximate surface area is 90.3 Å². The van der Waals surface area contributed by atoms with Gasteiger partial charge in [-0.15, -0.1) is 0 Å². The maximum atomic E-state index is 11.8. The van der Waals surface area contributed by atoms with E-state index in [0.29, 0.717) is 18.2 Å². The molecular formula is C13H17NO. The van der Waals surface area contributed by atoms with Gasteiger partial charge in [-0.2, -0.15) is 0 Å². The molecule has 0 N–H and O–H groups in total. The van der Waals surface area contributed by atoms with E-state index in [9.17, 15) is 4.79 Å². The molecule has 2 nitrogen and oxygen atoms in total. The van der Waals surface area contributed by atoms with Gasteiger partial charge in [0.05, 0.1) is 0 Å². The first kappa shape index (κ1) is 9.20. The van der Waals surface area contributed by atoms with Crippen molar-refractivity contribution < 1.29 is 4.79 Å². The van der Waals surface area contributed by atoms with Crippen LogP contribution in [0.5, 0.6) is 0 Å². The number of rotatable bonds is 2. The molecule has 1 atom stereocenters. The van der Waals surface area contributed by atoms with Crippen molar-refractivity contribution in [2.45, 2.75) is 51.5 Å². The second kappa shape index (κ2) is 3.22. The summed E-state index contributed by atoms with van der Waals surface area (Å²) in [5, 5.41) is 0. The lowest BCUT2D eigenvalue weighted by molar-refractivity contribution is 0.0987. The molecule has 2 heteroatoms. The topological polar surface area (TPSA) is 22.0 Å². The number of aryl methyl sites for hydroxylation is 1. The lowest BCUT2D eigenvalue weighted by atomic mass is 9.99. The van der Waals surface area contributed by atoms with Gasteiger partial charge in [-0.25, -0.2) is 0 Å². The Balaban J connectivity index is 2.12. The average Bonchev–Trinajstić information content (AvgIpc) is 2.84. The van der Waals surface area contributed by atoms with Crippen LogP contribution in [0.1, 0.15) is 60.4 Å². The molecule has 0 aromatic carbocycles. The van der Waals surface area contributed by atoms with Crippen LogP contribution >= 0.6 is 0 Å². The van der Waals surface area contributed by atoms with Crippen molar-refractivity contribution >= 4 is 5.78 Å². The summed E-state index contributed by atoms with van der Waals surface area (Å²) in [6.45, 7) is 1.96. The van der Waals surface area contributed by atoms with E-state index in [1.807, 2.05) is 6.92 Å². The summed E-state index contributed by atoms with van der Waals surface area (Å²) in [6, 6.07) is 2.87. The lowest BCUT2D eigenvalue weighted by Gasteiger charge is -2.21. The number of carbonyl (C=O) groups excluding carboxylic acids is 1. The largest absolute Gasteiger partial charge is 0.345 e. The van der Waals surface area contributed by atoms with Crippen molar-refractivity contribution in [2.24, 2.45) is 0 Å². The van der Waals surface area contributed by atoms with Crippen molar-refractivity contribution in [3.05, 3.63) is 23.0 Å². The van der Waals surface area contributed by atoms with Gasteiger partial charge in [-0.05, 0) is 38.2 Å². The van der Waals surface area contributed by atoms with Gasteiger partial charge >= 0.3 is 0 Å². The number of carbonyl (C=O) groups is 1. The third-order valence-electron chi connectivity index (χ3n) is 3.89. The van der Waals surface area contributed by atoms with Crippen molar-refractivity contribution in [1.82, 2.24) is 4.57 Å². The van der Waals surface area contributed by atoms with Crippen LogP contribution in [0.15, 0.2) is 6.07 Å². The highest BCUT2D eigenvalue weighted by atomic mass is 16.1. The van der Waals surface area contributed by atoms with E-state index in [1.54, 1.807) is 0 Å². The van der Waals surface area contributed by atoms with Crippen LogP contribution in [-0.2, 0) is 12.8 Å². The molecule has 1 aromatic rings. The first-order chi connectivity index (χ1) is 7.31. The molecule has 0 radical (unpaired) electrons. The van der Waals surface area contributed by atoms with E-state index < -0.39 is 0 Å². The molecule has 0 bridgehead atoms. The molecule has 0 fully saturated rings. The average molecular weight is 203 g/mol. The molecular weight excluding hydrogens is 186 g/mol. The van der Waals surface area contributed by atoms with Crippen LogP contribution in [0.25, 0.3) is 0 Å². The van der Waals surface area contributed by atoms with Crippen molar-refractivity contribution in [2.75, 3.05) is 0 Å². The third kappa shape index (κ3) is 1.20. The molecule has 0 amide bonds. The van der Waals surface area contributed by atoms with Crippen LogP contribution in [0.2, 0.25) is 0 Å². The number of aromatic nitrogens is 1. The Morgan fingerprint density at radius 3 is 3.13 bits per heavy atom. The molecule has 0 spiro atoms. The van der Waals surface area contributed by atoms with Crippen molar-refractivity contribution in [3.63, 3.8) is 0 Å². The normalized spacial score (nSPS) is 22.9. The number of hydrogen-bond acceptors (Lipinski definition) is 1. The van der Waals surface area contributed by atoms with Gasteiger partial charge in [0.25, 0.3) is 0 Å². The van der Waals surface area contributed by atoms with E-state index >= 15 is 0 Å². The maximum Gasteiger partial charge on any atom is 0.164 e. The number of Topliss-reactive ketones (excluding diaryl/α,β-unsaturated/α-hetero) is 1. The Bertz CT molecular complexity index is 416. The lowest BCUT2D eigenvalue weighted by Crippen LogP contribution is -2.13. The third-order valence-corrected chi connectivity index (χ3v) is 3.89. The fourth-order valence-electron chi connectivity index (χ4n) is 3.18. The van der Waals surface area contributed by atoms with Gasteiger partial charge in [-0.3, -0.25) is 4.79 Å². The fraction of sp³-hybridized carbons (Fsp3) is 0.615. The van der Waals surface area contributed by atoms with Crippen molar-refractivity contribution in [3.8, 4) is 0 Å². The van der Waals surface area contributed by atoms with Crippen LogP contribution < -0.4 is 0 Å². The fourth-order valence-corrected chi connectivity index (χ4v) is 3.18. The number of hydrogen-bond donors (Lipinski definition) is 0. The second-order valence-corrected chi connectivity index (χ2v) is 4.73. The Kier molecular flexibility index (Phi) is 1.98. The Hall–Kier alpha value is -1.05. The minimum absolute atomic E-state index is 0.326.